The molecule has 0 saturated carbocycles. The highest BCUT2D eigenvalue weighted by Crippen LogP contribution is 2.13. The van der Waals surface area contributed by atoms with Gasteiger partial charge in [0.1, 0.15) is 0 Å². The van der Waals surface area contributed by atoms with Gasteiger partial charge in [-0.1, -0.05) is 59.3 Å². The Bertz CT molecular complexity index is 515. The van der Waals surface area contributed by atoms with E-state index >= 15 is 0 Å². The van der Waals surface area contributed by atoms with Crippen LogP contribution in [0.3, 0.4) is 0 Å². The van der Waals surface area contributed by atoms with Gasteiger partial charge < -0.3 is 4.74 Å². The quantitative estimate of drug-likeness (QED) is 0.702. The first-order valence-electron chi connectivity index (χ1n) is 6.90. The average Bonchev–Trinajstić information content (AvgIpc) is 2.49. The predicted octanol–water partition coefficient (Wildman–Crippen LogP) is 4.37. The first kappa shape index (κ1) is 15.2. The second kappa shape index (κ2) is 8.18. The lowest BCUT2D eigenvalue weighted by Crippen LogP contribution is -2.10. The lowest BCUT2D eigenvalue weighted by atomic mass is 10.0. The van der Waals surface area contributed by atoms with Crippen molar-refractivity contribution in [2.45, 2.75) is 25.3 Å². The Kier molecular flexibility index (Phi) is 6.22. The number of hydrogen-bond donors (Lipinski definition) is 0. The second-order valence-corrected chi connectivity index (χ2v) is 5.61. The molecule has 0 aliphatic carbocycles. The number of halogens is 1. The second-order valence-electron chi connectivity index (χ2n) is 5.05. The molecule has 0 bridgehead atoms. The Morgan fingerprint density at radius 1 is 1.15 bits per heavy atom. The molecule has 0 unspecified atom stereocenters. The number of aromatic nitrogens is 1. The van der Waals surface area contributed by atoms with Gasteiger partial charge in [-0.25, -0.2) is 0 Å². The van der Waals surface area contributed by atoms with Crippen LogP contribution >= 0.6 is 15.9 Å². The molecule has 1 atom stereocenters. The van der Waals surface area contributed by atoms with E-state index in [1.54, 1.807) is 0 Å². The summed E-state index contributed by atoms with van der Waals surface area (Å²) in [6, 6.07) is 14.6. The molecule has 2 rings (SSSR count). The number of benzene rings is 1. The molecule has 0 aliphatic rings. The zero-order valence-corrected chi connectivity index (χ0v) is 13.3. The van der Waals surface area contributed by atoms with Gasteiger partial charge in [-0.2, -0.15) is 0 Å². The maximum atomic E-state index is 5.81. The van der Waals surface area contributed by atoms with Crippen molar-refractivity contribution in [2.75, 3.05) is 6.61 Å². The van der Waals surface area contributed by atoms with E-state index < -0.39 is 0 Å². The van der Waals surface area contributed by atoms with Crippen LogP contribution in [0.2, 0.25) is 0 Å². The summed E-state index contributed by atoms with van der Waals surface area (Å²) in [5, 5.41) is 0.819. The van der Waals surface area contributed by atoms with E-state index in [0.29, 0.717) is 12.5 Å². The monoisotopic (exact) mass is 333 g/mol. The van der Waals surface area contributed by atoms with Crippen LogP contribution in [0.25, 0.3) is 0 Å². The average molecular weight is 334 g/mol. The van der Waals surface area contributed by atoms with Crippen molar-refractivity contribution in [1.29, 1.82) is 0 Å². The van der Waals surface area contributed by atoms with E-state index in [2.05, 4.69) is 58.2 Å². The maximum absolute atomic E-state index is 5.81. The summed E-state index contributed by atoms with van der Waals surface area (Å²) in [4.78, 5) is 4.38. The number of pyridine rings is 1. The minimum atomic E-state index is 0.508. The van der Waals surface area contributed by atoms with Gasteiger partial charge in [0.05, 0.1) is 12.3 Å². The normalized spacial score (nSPS) is 12.3. The molecule has 20 heavy (non-hydrogen) atoms. The minimum Gasteiger partial charge on any atom is -0.375 e. The fourth-order valence-electron chi connectivity index (χ4n) is 2.16. The van der Waals surface area contributed by atoms with Crippen molar-refractivity contribution in [1.82, 2.24) is 4.98 Å². The van der Waals surface area contributed by atoms with E-state index in [-0.39, 0.29) is 0 Å². The van der Waals surface area contributed by atoms with E-state index in [1.807, 2.05) is 18.3 Å². The molecule has 1 aromatic heterocycles. The van der Waals surface area contributed by atoms with Gasteiger partial charge in [-0.15, -0.1) is 0 Å². The number of rotatable bonds is 7. The highest BCUT2D eigenvalue weighted by atomic mass is 79.9. The Morgan fingerprint density at radius 2 is 1.95 bits per heavy atom. The molecule has 0 N–H and O–H groups in total. The molecule has 0 radical (unpaired) electrons. The molecule has 0 spiro atoms. The number of hydrogen-bond acceptors (Lipinski definition) is 2. The molecule has 2 aromatic rings. The van der Waals surface area contributed by atoms with Crippen molar-refractivity contribution >= 4 is 15.9 Å². The first-order chi connectivity index (χ1) is 9.79. The van der Waals surface area contributed by atoms with Gasteiger partial charge in [0.2, 0.25) is 0 Å². The highest BCUT2D eigenvalue weighted by Gasteiger charge is 2.06. The molecule has 0 aliphatic heterocycles. The summed E-state index contributed by atoms with van der Waals surface area (Å²) in [6.07, 6.45) is 2.87. The molecule has 1 aromatic carbocycles. The Morgan fingerprint density at radius 3 is 2.70 bits per heavy atom. The van der Waals surface area contributed by atoms with Gasteiger partial charge >= 0.3 is 0 Å². The molecule has 0 saturated heterocycles. The SMILES string of the molecule is C[C@@H](COCc1ncccc1CBr)Cc1ccccc1. The van der Waals surface area contributed by atoms with Crippen molar-refractivity contribution in [3.8, 4) is 0 Å². The van der Waals surface area contributed by atoms with E-state index in [4.69, 9.17) is 4.74 Å². The van der Waals surface area contributed by atoms with Crippen LogP contribution in [0.4, 0.5) is 0 Å². The molecule has 3 heteroatoms. The Hall–Kier alpha value is -1.19. The van der Waals surface area contributed by atoms with Gasteiger partial charge in [0, 0.05) is 18.1 Å². The summed E-state index contributed by atoms with van der Waals surface area (Å²) in [7, 11) is 0. The van der Waals surface area contributed by atoms with E-state index in [9.17, 15) is 0 Å². The molecule has 2 nitrogen and oxygen atoms in total. The largest absolute Gasteiger partial charge is 0.375 e. The zero-order valence-electron chi connectivity index (χ0n) is 11.8. The van der Waals surface area contributed by atoms with Crippen molar-refractivity contribution in [3.63, 3.8) is 0 Å². The Balaban J connectivity index is 1.78. The summed E-state index contributed by atoms with van der Waals surface area (Å²) < 4.78 is 5.81. The molecular weight excluding hydrogens is 314 g/mol. The van der Waals surface area contributed by atoms with Gasteiger partial charge in [-0.05, 0) is 29.5 Å². The summed E-state index contributed by atoms with van der Waals surface area (Å²) >= 11 is 3.48. The smallest absolute Gasteiger partial charge is 0.0891 e. The standard InChI is InChI=1S/C17H20BrNO/c1-14(10-15-6-3-2-4-7-15)12-20-13-17-16(11-18)8-5-9-19-17/h2-9,14H,10-13H2,1H3/t14-/m1/s1. The van der Waals surface area contributed by atoms with Gasteiger partial charge in [0.25, 0.3) is 0 Å². The van der Waals surface area contributed by atoms with Crippen molar-refractivity contribution in [3.05, 3.63) is 65.5 Å². The molecule has 106 valence electrons. The number of nitrogens with zero attached hydrogens (tertiary/aromatic N) is 1. The highest BCUT2D eigenvalue weighted by molar-refractivity contribution is 9.08. The number of alkyl halides is 1. The summed E-state index contributed by atoms with van der Waals surface area (Å²) in [5.74, 6) is 0.508. The third-order valence-electron chi connectivity index (χ3n) is 3.20. The van der Waals surface area contributed by atoms with Crippen LogP contribution in [-0.2, 0) is 23.1 Å². The first-order valence-corrected chi connectivity index (χ1v) is 8.02. The fraction of sp³-hybridized carbons (Fsp3) is 0.353. The summed E-state index contributed by atoms with van der Waals surface area (Å²) in [6.45, 7) is 3.56. The Labute approximate surface area is 129 Å². The summed E-state index contributed by atoms with van der Waals surface area (Å²) in [5.41, 5.74) is 3.59. The molecular formula is C17H20BrNO. The van der Waals surface area contributed by atoms with Crippen LogP contribution in [0, 0.1) is 5.92 Å². The lowest BCUT2D eigenvalue weighted by Gasteiger charge is -2.13. The zero-order chi connectivity index (χ0) is 14.2. The van der Waals surface area contributed by atoms with Gasteiger partial charge in [-0.3, -0.25) is 4.98 Å². The van der Waals surface area contributed by atoms with E-state index in [0.717, 1.165) is 24.1 Å². The third kappa shape index (κ3) is 4.73. The van der Waals surface area contributed by atoms with Crippen LogP contribution < -0.4 is 0 Å². The van der Waals surface area contributed by atoms with Crippen LogP contribution in [0.15, 0.2) is 48.7 Å². The topological polar surface area (TPSA) is 22.1 Å². The maximum Gasteiger partial charge on any atom is 0.0891 e. The molecule has 0 amide bonds. The fourth-order valence-corrected chi connectivity index (χ4v) is 2.67. The van der Waals surface area contributed by atoms with Crippen LogP contribution in [0.1, 0.15) is 23.7 Å². The lowest BCUT2D eigenvalue weighted by molar-refractivity contribution is 0.0896. The van der Waals surface area contributed by atoms with E-state index in [1.165, 1.54) is 11.1 Å². The van der Waals surface area contributed by atoms with Gasteiger partial charge in [0.15, 0.2) is 0 Å². The van der Waals surface area contributed by atoms with Crippen LogP contribution in [0.5, 0.6) is 0 Å². The minimum absolute atomic E-state index is 0.508. The molecule has 1 heterocycles. The molecule has 0 fully saturated rings. The van der Waals surface area contributed by atoms with Crippen molar-refractivity contribution in [2.24, 2.45) is 5.92 Å². The van der Waals surface area contributed by atoms with Crippen LogP contribution in [-0.4, -0.2) is 11.6 Å². The number of ether oxygens (including phenoxy) is 1. The third-order valence-corrected chi connectivity index (χ3v) is 3.80. The van der Waals surface area contributed by atoms with Crippen molar-refractivity contribution < 1.29 is 4.74 Å². The predicted molar refractivity (Wildman–Crippen MR) is 85.8 cm³/mol.